The zero-order valence-electron chi connectivity index (χ0n) is 7.65. The molecule has 6 nitrogen and oxygen atoms in total. The molecule has 2 N–H and O–H groups in total. The van der Waals surface area contributed by atoms with Gasteiger partial charge in [0, 0.05) is 0 Å². The number of hydrogen-bond acceptors (Lipinski definition) is 4. The van der Waals surface area contributed by atoms with Gasteiger partial charge in [-0.05, 0) is 12.1 Å². The lowest BCUT2D eigenvalue weighted by molar-refractivity contribution is 0.0691. The summed E-state index contributed by atoms with van der Waals surface area (Å²) in [7, 11) is 1.14. The van der Waals surface area contributed by atoms with Crippen molar-refractivity contribution in [3.05, 3.63) is 23.6 Å². The molecule has 15 heavy (non-hydrogen) atoms. The molecule has 0 aromatic carbocycles. The number of carbonyl (C=O) groups excluding carboxylic acids is 1. The van der Waals surface area contributed by atoms with Crippen molar-refractivity contribution in [1.29, 1.82) is 0 Å². The van der Waals surface area contributed by atoms with Crippen LogP contribution in [0, 0.1) is 5.95 Å². The number of carboxylic acids is 1. The number of anilines is 1. The zero-order valence-corrected chi connectivity index (χ0v) is 7.65. The van der Waals surface area contributed by atoms with Crippen LogP contribution in [-0.4, -0.2) is 29.3 Å². The molecule has 0 radical (unpaired) electrons. The Kier molecular flexibility index (Phi) is 3.17. The van der Waals surface area contributed by atoms with Gasteiger partial charge in [-0.25, -0.2) is 14.6 Å². The van der Waals surface area contributed by atoms with Gasteiger partial charge < -0.3 is 9.84 Å². The molecule has 0 aliphatic rings. The standard InChI is InChI=1S/C8H7FN2O4/c1-15-8(14)11-5-3-2-4(7(12)13)6(9)10-5/h2-3H,1H3,(H,12,13)(H,10,11,14). The van der Waals surface area contributed by atoms with E-state index in [0.717, 1.165) is 19.2 Å². The molecule has 0 spiro atoms. The zero-order chi connectivity index (χ0) is 11.4. The second-order valence-corrected chi connectivity index (χ2v) is 2.46. The van der Waals surface area contributed by atoms with Crippen molar-refractivity contribution >= 4 is 17.9 Å². The summed E-state index contributed by atoms with van der Waals surface area (Å²) in [6, 6.07) is 2.15. The first-order valence-corrected chi connectivity index (χ1v) is 3.79. The Bertz CT molecular complexity index is 408. The first-order valence-electron chi connectivity index (χ1n) is 3.79. The number of aromatic carboxylic acids is 1. The van der Waals surface area contributed by atoms with E-state index in [1.165, 1.54) is 0 Å². The van der Waals surface area contributed by atoms with Gasteiger partial charge in [0.1, 0.15) is 11.4 Å². The Labute approximate surface area is 83.7 Å². The molecule has 0 unspecified atom stereocenters. The average molecular weight is 214 g/mol. The normalized spacial score (nSPS) is 9.47. The number of halogens is 1. The first-order chi connectivity index (χ1) is 7.04. The molecule has 0 aliphatic carbocycles. The molecular weight excluding hydrogens is 207 g/mol. The van der Waals surface area contributed by atoms with E-state index in [-0.39, 0.29) is 5.82 Å². The van der Waals surface area contributed by atoms with E-state index >= 15 is 0 Å². The van der Waals surface area contributed by atoms with Crippen molar-refractivity contribution in [2.75, 3.05) is 12.4 Å². The van der Waals surface area contributed by atoms with E-state index in [1.54, 1.807) is 0 Å². The number of ether oxygens (including phenoxy) is 1. The number of aromatic nitrogens is 1. The van der Waals surface area contributed by atoms with Crippen LogP contribution in [0.15, 0.2) is 12.1 Å². The van der Waals surface area contributed by atoms with Crippen LogP contribution < -0.4 is 5.32 Å². The van der Waals surface area contributed by atoms with E-state index in [9.17, 15) is 14.0 Å². The fourth-order valence-corrected chi connectivity index (χ4v) is 0.819. The monoisotopic (exact) mass is 214 g/mol. The van der Waals surface area contributed by atoms with Crippen molar-refractivity contribution < 1.29 is 23.8 Å². The topological polar surface area (TPSA) is 88.5 Å². The minimum absolute atomic E-state index is 0.121. The second kappa shape index (κ2) is 4.36. The molecule has 0 saturated heterocycles. The van der Waals surface area contributed by atoms with Gasteiger partial charge in [-0.15, -0.1) is 0 Å². The molecule has 80 valence electrons. The summed E-state index contributed by atoms with van der Waals surface area (Å²) in [5.41, 5.74) is -0.564. The van der Waals surface area contributed by atoms with Gasteiger partial charge in [-0.3, -0.25) is 5.32 Å². The summed E-state index contributed by atoms with van der Waals surface area (Å²) in [6.07, 6.45) is -0.815. The minimum atomic E-state index is -1.43. The molecule has 0 saturated carbocycles. The first kappa shape index (κ1) is 10.9. The Morgan fingerprint density at radius 3 is 2.67 bits per heavy atom. The molecule has 1 amide bonds. The Morgan fingerprint density at radius 1 is 1.53 bits per heavy atom. The fraction of sp³-hybridized carbons (Fsp3) is 0.125. The van der Waals surface area contributed by atoms with Crippen LogP contribution in [0.2, 0.25) is 0 Å². The Hall–Kier alpha value is -2.18. The Morgan fingerprint density at radius 2 is 2.20 bits per heavy atom. The van der Waals surface area contributed by atoms with E-state index in [1.807, 2.05) is 0 Å². The highest BCUT2D eigenvalue weighted by atomic mass is 19.1. The van der Waals surface area contributed by atoms with Crippen molar-refractivity contribution in [2.24, 2.45) is 0 Å². The number of rotatable bonds is 2. The number of methoxy groups -OCH3 is 1. The maximum absolute atomic E-state index is 13.0. The van der Waals surface area contributed by atoms with Crippen molar-refractivity contribution in [3.63, 3.8) is 0 Å². The number of nitrogens with one attached hydrogen (secondary N) is 1. The molecule has 1 aromatic heterocycles. The van der Waals surface area contributed by atoms with Gasteiger partial charge in [-0.1, -0.05) is 0 Å². The summed E-state index contributed by atoms with van der Waals surface area (Å²) < 4.78 is 17.2. The molecule has 0 atom stereocenters. The summed E-state index contributed by atoms with van der Waals surface area (Å²) >= 11 is 0. The van der Waals surface area contributed by atoms with E-state index in [2.05, 4.69) is 15.0 Å². The number of carbonyl (C=O) groups is 2. The third-order valence-corrected chi connectivity index (χ3v) is 1.49. The van der Waals surface area contributed by atoms with Gasteiger partial charge >= 0.3 is 12.1 Å². The maximum atomic E-state index is 13.0. The quantitative estimate of drug-likeness (QED) is 0.719. The predicted molar refractivity (Wildman–Crippen MR) is 47.2 cm³/mol. The highest BCUT2D eigenvalue weighted by Crippen LogP contribution is 2.09. The van der Waals surface area contributed by atoms with Crippen LogP contribution in [0.3, 0.4) is 0 Å². The lowest BCUT2D eigenvalue weighted by atomic mass is 10.3. The molecular formula is C8H7FN2O4. The van der Waals surface area contributed by atoms with Gasteiger partial charge in [0.2, 0.25) is 5.95 Å². The van der Waals surface area contributed by atoms with E-state index in [0.29, 0.717) is 0 Å². The number of carboxylic acid groups (broad SMARTS) is 1. The summed E-state index contributed by atoms with van der Waals surface area (Å²) in [4.78, 5) is 24.3. The van der Waals surface area contributed by atoms with Crippen LogP contribution in [-0.2, 0) is 4.74 Å². The molecule has 1 aromatic rings. The predicted octanol–water partition coefficient (Wildman–Crippen LogP) is 1.10. The summed E-state index contributed by atoms with van der Waals surface area (Å²) in [5, 5.41) is 10.6. The summed E-state index contributed by atoms with van der Waals surface area (Å²) in [6.45, 7) is 0. The van der Waals surface area contributed by atoms with Crippen LogP contribution in [0.4, 0.5) is 15.0 Å². The largest absolute Gasteiger partial charge is 0.478 e. The number of nitrogens with zero attached hydrogens (tertiary/aromatic N) is 1. The van der Waals surface area contributed by atoms with Gasteiger partial charge in [0.15, 0.2) is 0 Å². The number of amides is 1. The van der Waals surface area contributed by atoms with Crippen LogP contribution >= 0.6 is 0 Å². The number of pyridine rings is 1. The third kappa shape index (κ3) is 2.63. The Balaban J connectivity index is 2.91. The molecule has 1 rings (SSSR count). The van der Waals surface area contributed by atoms with Crippen molar-refractivity contribution in [1.82, 2.24) is 4.98 Å². The average Bonchev–Trinajstić information content (AvgIpc) is 2.17. The van der Waals surface area contributed by atoms with Crippen LogP contribution in [0.5, 0.6) is 0 Å². The SMILES string of the molecule is COC(=O)Nc1ccc(C(=O)O)c(F)n1. The lowest BCUT2D eigenvalue weighted by Crippen LogP contribution is -2.13. The fourth-order valence-electron chi connectivity index (χ4n) is 0.819. The highest BCUT2D eigenvalue weighted by molar-refractivity contribution is 5.88. The van der Waals surface area contributed by atoms with Crippen molar-refractivity contribution in [2.45, 2.75) is 0 Å². The highest BCUT2D eigenvalue weighted by Gasteiger charge is 2.12. The molecule has 1 heterocycles. The van der Waals surface area contributed by atoms with Gasteiger partial charge in [0.05, 0.1) is 7.11 Å². The van der Waals surface area contributed by atoms with Crippen LogP contribution in [0.1, 0.15) is 10.4 Å². The maximum Gasteiger partial charge on any atom is 0.412 e. The molecule has 0 aliphatic heterocycles. The summed E-state index contributed by atoms with van der Waals surface area (Å²) in [5.74, 6) is -2.72. The van der Waals surface area contributed by atoms with Gasteiger partial charge in [-0.2, -0.15) is 4.39 Å². The lowest BCUT2D eigenvalue weighted by Gasteiger charge is -2.03. The minimum Gasteiger partial charge on any atom is -0.478 e. The number of hydrogen-bond donors (Lipinski definition) is 2. The second-order valence-electron chi connectivity index (χ2n) is 2.46. The third-order valence-electron chi connectivity index (χ3n) is 1.49. The van der Waals surface area contributed by atoms with Gasteiger partial charge in [0.25, 0.3) is 0 Å². The smallest absolute Gasteiger partial charge is 0.412 e. The van der Waals surface area contributed by atoms with E-state index in [4.69, 9.17) is 5.11 Å². The van der Waals surface area contributed by atoms with E-state index < -0.39 is 23.6 Å². The van der Waals surface area contributed by atoms with Crippen LogP contribution in [0.25, 0.3) is 0 Å². The van der Waals surface area contributed by atoms with Crippen molar-refractivity contribution in [3.8, 4) is 0 Å². The molecule has 0 bridgehead atoms. The molecule has 7 heteroatoms. The molecule has 0 fully saturated rings.